The second kappa shape index (κ2) is 5.84. The molecule has 0 N–H and O–H groups in total. The fourth-order valence-corrected chi connectivity index (χ4v) is 3.06. The van der Waals surface area contributed by atoms with Crippen LogP contribution < -0.4 is 0 Å². The third-order valence-electron chi connectivity index (χ3n) is 3.57. The van der Waals surface area contributed by atoms with E-state index in [9.17, 15) is 8.42 Å². The quantitative estimate of drug-likeness (QED) is 0.802. The van der Waals surface area contributed by atoms with Crippen molar-refractivity contribution in [1.82, 2.24) is 0 Å². The summed E-state index contributed by atoms with van der Waals surface area (Å²) in [6.45, 7) is 6.94. The van der Waals surface area contributed by atoms with Gasteiger partial charge in [-0.2, -0.15) is 8.42 Å². The number of aryl methyl sites for hydroxylation is 1. The van der Waals surface area contributed by atoms with Gasteiger partial charge >= 0.3 is 0 Å². The second-order valence-electron chi connectivity index (χ2n) is 6.19. The molecule has 4 nitrogen and oxygen atoms in total. The Morgan fingerprint density at radius 3 is 2.50 bits per heavy atom. The lowest BCUT2D eigenvalue weighted by atomic mass is 9.85. The van der Waals surface area contributed by atoms with Crippen LogP contribution in [0, 0.1) is 12.3 Å². The van der Waals surface area contributed by atoms with Gasteiger partial charge in [0.05, 0.1) is 24.2 Å². The van der Waals surface area contributed by atoms with E-state index >= 15 is 0 Å². The van der Waals surface area contributed by atoms with Crippen molar-refractivity contribution in [2.75, 3.05) is 13.2 Å². The van der Waals surface area contributed by atoms with Gasteiger partial charge in [0.2, 0.25) is 0 Å². The molecule has 1 heterocycles. The van der Waals surface area contributed by atoms with E-state index in [0.29, 0.717) is 6.61 Å². The van der Waals surface area contributed by atoms with Crippen molar-refractivity contribution in [3.05, 3.63) is 29.8 Å². The highest BCUT2D eigenvalue weighted by Crippen LogP contribution is 2.30. The standard InChI is InChI=1S/C15H22O4S/c1-12-4-6-14(7-5-12)20(16,17)19-10-13-8-9-15(2,3)11-18-13/h4-7,13H,8-11H2,1-3H3. The molecule has 0 radical (unpaired) electrons. The summed E-state index contributed by atoms with van der Waals surface area (Å²) in [4.78, 5) is 0.194. The molecule has 1 atom stereocenters. The third-order valence-corrected chi connectivity index (χ3v) is 4.87. The Balaban J connectivity index is 1.92. The first-order chi connectivity index (χ1) is 9.28. The Hall–Kier alpha value is -0.910. The molecular weight excluding hydrogens is 276 g/mol. The Morgan fingerprint density at radius 2 is 1.95 bits per heavy atom. The smallest absolute Gasteiger partial charge is 0.297 e. The molecule has 0 saturated carbocycles. The van der Waals surface area contributed by atoms with Crippen molar-refractivity contribution in [2.45, 2.75) is 44.6 Å². The van der Waals surface area contributed by atoms with Crippen LogP contribution in [-0.2, 0) is 19.0 Å². The Kier molecular flexibility index (Phi) is 4.52. The molecule has 0 spiro atoms. The SMILES string of the molecule is Cc1ccc(S(=O)(=O)OCC2CCC(C)(C)CO2)cc1. The fourth-order valence-electron chi connectivity index (χ4n) is 2.12. The predicted octanol–water partition coefficient (Wildman–Crippen LogP) is 2.91. The maximum Gasteiger partial charge on any atom is 0.297 e. The Morgan fingerprint density at radius 1 is 1.30 bits per heavy atom. The average Bonchev–Trinajstić information content (AvgIpc) is 2.38. The van der Waals surface area contributed by atoms with Crippen LogP contribution in [0.1, 0.15) is 32.3 Å². The molecule has 20 heavy (non-hydrogen) atoms. The van der Waals surface area contributed by atoms with Crippen LogP contribution in [0.4, 0.5) is 0 Å². The summed E-state index contributed by atoms with van der Waals surface area (Å²) < 4.78 is 34.8. The van der Waals surface area contributed by atoms with Crippen LogP contribution in [-0.4, -0.2) is 27.7 Å². The summed E-state index contributed by atoms with van der Waals surface area (Å²) in [6.07, 6.45) is 1.71. The molecule has 0 aromatic heterocycles. The molecule has 1 fully saturated rings. The van der Waals surface area contributed by atoms with Crippen LogP contribution in [0.5, 0.6) is 0 Å². The van der Waals surface area contributed by atoms with Gasteiger partial charge in [-0.15, -0.1) is 0 Å². The first-order valence-corrected chi connectivity index (χ1v) is 8.27. The maximum absolute atomic E-state index is 12.0. The first-order valence-electron chi connectivity index (χ1n) is 6.86. The van der Waals surface area contributed by atoms with Gasteiger partial charge in [-0.05, 0) is 37.3 Å². The van der Waals surface area contributed by atoms with E-state index in [1.165, 1.54) is 0 Å². The minimum Gasteiger partial charge on any atom is -0.375 e. The van der Waals surface area contributed by atoms with Gasteiger partial charge < -0.3 is 4.74 Å². The Bertz CT molecular complexity index is 536. The highest BCUT2D eigenvalue weighted by atomic mass is 32.2. The highest BCUT2D eigenvalue weighted by Gasteiger charge is 2.29. The summed E-state index contributed by atoms with van der Waals surface area (Å²) in [6, 6.07) is 6.65. The number of hydrogen-bond acceptors (Lipinski definition) is 4. The van der Waals surface area contributed by atoms with Gasteiger partial charge in [0, 0.05) is 0 Å². The minimum absolute atomic E-state index is 0.0896. The monoisotopic (exact) mass is 298 g/mol. The average molecular weight is 298 g/mol. The zero-order valence-corrected chi connectivity index (χ0v) is 13.1. The maximum atomic E-state index is 12.0. The zero-order chi connectivity index (χ0) is 14.8. The van der Waals surface area contributed by atoms with Crippen LogP contribution in [0.3, 0.4) is 0 Å². The van der Waals surface area contributed by atoms with Crippen molar-refractivity contribution >= 4 is 10.1 Å². The first kappa shape index (κ1) is 15.5. The second-order valence-corrected chi connectivity index (χ2v) is 7.80. The van der Waals surface area contributed by atoms with Crippen molar-refractivity contribution < 1.29 is 17.3 Å². The molecule has 112 valence electrons. The fraction of sp³-hybridized carbons (Fsp3) is 0.600. The Labute approximate surface area is 121 Å². The van der Waals surface area contributed by atoms with Gasteiger partial charge in [-0.25, -0.2) is 0 Å². The lowest BCUT2D eigenvalue weighted by Crippen LogP contribution is -2.34. The number of hydrogen-bond donors (Lipinski definition) is 0. The van der Waals surface area contributed by atoms with Crippen molar-refractivity contribution in [3.63, 3.8) is 0 Å². The molecule has 0 bridgehead atoms. The van der Waals surface area contributed by atoms with Gasteiger partial charge in [0.25, 0.3) is 10.1 Å². The molecule has 2 rings (SSSR count). The minimum atomic E-state index is -3.69. The molecule has 1 aliphatic rings. The third kappa shape index (κ3) is 4.04. The van der Waals surface area contributed by atoms with Crippen molar-refractivity contribution in [1.29, 1.82) is 0 Å². The van der Waals surface area contributed by atoms with Crippen molar-refractivity contribution in [2.24, 2.45) is 5.41 Å². The summed E-state index contributed by atoms with van der Waals surface area (Å²) in [5.41, 5.74) is 1.19. The van der Waals surface area contributed by atoms with Gasteiger partial charge in [-0.3, -0.25) is 4.18 Å². The van der Waals surface area contributed by atoms with Crippen LogP contribution >= 0.6 is 0 Å². The van der Waals surface area contributed by atoms with Crippen LogP contribution in [0.25, 0.3) is 0 Å². The largest absolute Gasteiger partial charge is 0.375 e. The highest BCUT2D eigenvalue weighted by molar-refractivity contribution is 7.86. The summed E-state index contributed by atoms with van der Waals surface area (Å²) in [5, 5.41) is 0. The normalized spacial score (nSPS) is 22.6. The van der Waals surface area contributed by atoms with E-state index in [1.807, 2.05) is 6.92 Å². The molecular formula is C15H22O4S. The number of rotatable bonds is 4. The molecule has 1 aliphatic heterocycles. The topological polar surface area (TPSA) is 52.6 Å². The molecule has 1 aromatic carbocycles. The van der Waals surface area contributed by atoms with E-state index < -0.39 is 10.1 Å². The van der Waals surface area contributed by atoms with Gasteiger partial charge in [-0.1, -0.05) is 31.5 Å². The molecule has 1 saturated heterocycles. The lowest BCUT2D eigenvalue weighted by Gasteiger charge is -2.34. The van der Waals surface area contributed by atoms with Gasteiger partial charge in [0.1, 0.15) is 0 Å². The molecule has 1 aromatic rings. The van der Waals surface area contributed by atoms with E-state index in [1.54, 1.807) is 24.3 Å². The summed E-state index contributed by atoms with van der Waals surface area (Å²) >= 11 is 0. The molecule has 5 heteroatoms. The van der Waals surface area contributed by atoms with E-state index in [0.717, 1.165) is 18.4 Å². The summed E-state index contributed by atoms with van der Waals surface area (Å²) in [7, 11) is -3.69. The van der Waals surface area contributed by atoms with E-state index in [-0.39, 0.29) is 23.0 Å². The number of ether oxygens (including phenoxy) is 1. The zero-order valence-electron chi connectivity index (χ0n) is 12.3. The van der Waals surface area contributed by atoms with Crippen LogP contribution in [0.2, 0.25) is 0 Å². The van der Waals surface area contributed by atoms with Crippen LogP contribution in [0.15, 0.2) is 29.2 Å². The van der Waals surface area contributed by atoms with Gasteiger partial charge in [0.15, 0.2) is 0 Å². The molecule has 1 unspecified atom stereocenters. The predicted molar refractivity (Wildman–Crippen MR) is 77.1 cm³/mol. The van der Waals surface area contributed by atoms with E-state index in [2.05, 4.69) is 13.8 Å². The van der Waals surface area contributed by atoms with E-state index in [4.69, 9.17) is 8.92 Å². The number of benzene rings is 1. The molecule has 0 amide bonds. The lowest BCUT2D eigenvalue weighted by molar-refractivity contribution is -0.0641. The molecule has 0 aliphatic carbocycles. The van der Waals surface area contributed by atoms with Crippen molar-refractivity contribution in [3.8, 4) is 0 Å². The summed E-state index contributed by atoms with van der Waals surface area (Å²) in [5.74, 6) is 0.